The molecule has 1 aliphatic heterocycles. The normalized spacial score (nSPS) is 17.6. The van der Waals surface area contributed by atoms with Gasteiger partial charge in [0.15, 0.2) is 0 Å². The Morgan fingerprint density at radius 3 is 2.11 bits per heavy atom. The number of fused-ring (bicyclic) bond motifs is 3. The van der Waals surface area contributed by atoms with Crippen molar-refractivity contribution in [1.29, 1.82) is 0 Å². The molecular weight excluding hydrogens is 482 g/mol. The SMILES string of the molecule is Cc1ccc(S(=O)(=O)N2C(=O)[C@@H](Cc3ccccc3)[C@@H](c3ccccc3)c3oc4ccccc4c32)cc1. The Morgan fingerprint density at radius 1 is 0.784 bits per heavy atom. The summed E-state index contributed by atoms with van der Waals surface area (Å²) >= 11 is 0. The third-order valence-electron chi connectivity index (χ3n) is 7.02. The number of hydrogen-bond donors (Lipinski definition) is 0. The summed E-state index contributed by atoms with van der Waals surface area (Å²) in [5.74, 6) is -1.10. The molecule has 0 saturated heterocycles. The van der Waals surface area contributed by atoms with E-state index in [0.717, 1.165) is 21.0 Å². The van der Waals surface area contributed by atoms with Crippen molar-refractivity contribution < 1.29 is 17.6 Å². The van der Waals surface area contributed by atoms with Gasteiger partial charge >= 0.3 is 0 Å². The number of sulfonamides is 1. The van der Waals surface area contributed by atoms with E-state index in [1.807, 2.05) is 91.9 Å². The third-order valence-corrected chi connectivity index (χ3v) is 8.73. The first-order valence-electron chi connectivity index (χ1n) is 12.2. The summed E-state index contributed by atoms with van der Waals surface area (Å²) in [6.45, 7) is 1.89. The fraction of sp³-hybridized carbons (Fsp3) is 0.129. The number of furan rings is 1. The monoisotopic (exact) mass is 507 g/mol. The molecule has 0 unspecified atom stereocenters. The number of amides is 1. The van der Waals surface area contributed by atoms with Gasteiger partial charge in [0.1, 0.15) is 17.0 Å². The van der Waals surface area contributed by atoms with Gasteiger partial charge in [0, 0.05) is 5.39 Å². The van der Waals surface area contributed by atoms with Crippen molar-refractivity contribution in [2.45, 2.75) is 24.2 Å². The van der Waals surface area contributed by atoms with Crippen molar-refractivity contribution in [2.75, 3.05) is 4.31 Å². The van der Waals surface area contributed by atoms with Crippen molar-refractivity contribution in [3.8, 4) is 0 Å². The number of anilines is 1. The van der Waals surface area contributed by atoms with Gasteiger partial charge in [0.05, 0.1) is 16.7 Å². The summed E-state index contributed by atoms with van der Waals surface area (Å²) in [4.78, 5) is 14.5. The van der Waals surface area contributed by atoms with Gasteiger partial charge in [-0.1, -0.05) is 90.5 Å². The molecule has 5 nitrogen and oxygen atoms in total. The zero-order chi connectivity index (χ0) is 25.6. The largest absolute Gasteiger partial charge is 0.458 e. The number of nitrogens with zero attached hydrogens (tertiary/aromatic N) is 1. The first-order valence-corrected chi connectivity index (χ1v) is 13.7. The molecule has 184 valence electrons. The predicted molar refractivity (Wildman–Crippen MR) is 144 cm³/mol. The van der Waals surface area contributed by atoms with Gasteiger partial charge in [-0.25, -0.2) is 8.42 Å². The van der Waals surface area contributed by atoms with Crippen LogP contribution in [-0.2, 0) is 21.2 Å². The summed E-state index contributed by atoms with van der Waals surface area (Å²) < 4.78 is 35.6. The minimum absolute atomic E-state index is 0.0688. The molecule has 0 fully saturated rings. The zero-order valence-corrected chi connectivity index (χ0v) is 21.1. The molecule has 6 heteroatoms. The summed E-state index contributed by atoms with van der Waals surface area (Å²) in [6.07, 6.45) is 0.371. The Bertz CT molecular complexity index is 1690. The molecule has 6 rings (SSSR count). The van der Waals surface area contributed by atoms with Gasteiger partial charge in [0.2, 0.25) is 5.91 Å². The van der Waals surface area contributed by atoms with Crippen molar-refractivity contribution in [2.24, 2.45) is 5.92 Å². The molecule has 0 bridgehead atoms. The van der Waals surface area contributed by atoms with E-state index >= 15 is 0 Å². The average Bonchev–Trinajstić information content (AvgIpc) is 3.29. The second-order valence-corrected chi connectivity index (χ2v) is 11.2. The highest BCUT2D eigenvalue weighted by Crippen LogP contribution is 2.50. The van der Waals surface area contributed by atoms with Crippen LogP contribution in [0, 0.1) is 12.8 Å². The van der Waals surface area contributed by atoms with Gasteiger partial charge in [-0.2, -0.15) is 4.31 Å². The molecule has 0 spiro atoms. The fourth-order valence-corrected chi connectivity index (χ4v) is 6.72. The first kappa shape index (κ1) is 23.3. The molecule has 1 aromatic heterocycles. The maximum absolute atomic E-state index is 14.4. The van der Waals surface area contributed by atoms with E-state index in [1.165, 1.54) is 0 Å². The Balaban J connectivity index is 1.62. The molecule has 0 radical (unpaired) electrons. The van der Waals surface area contributed by atoms with Crippen molar-refractivity contribution in [3.63, 3.8) is 0 Å². The van der Waals surface area contributed by atoms with E-state index in [1.54, 1.807) is 24.3 Å². The molecule has 5 aromatic rings. The number of rotatable bonds is 5. The average molecular weight is 508 g/mol. The van der Waals surface area contributed by atoms with E-state index in [0.29, 0.717) is 28.8 Å². The van der Waals surface area contributed by atoms with E-state index in [9.17, 15) is 13.2 Å². The van der Waals surface area contributed by atoms with Crippen LogP contribution in [-0.4, -0.2) is 14.3 Å². The second kappa shape index (κ2) is 9.05. The van der Waals surface area contributed by atoms with Gasteiger partial charge in [-0.15, -0.1) is 0 Å². The van der Waals surface area contributed by atoms with Crippen LogP contribution in [0.3, 0.4) is 0 Å². The Morgan fingerprint density at radius 2 is 1.41 bits per heavy atom. The van der Waals surface area contributed by atoms with Gasteiger partial charge in [-0.3, -0.25) is 4.79 Å². The lowest BCUT2D eigenvalue weighted by Gasteiger charge is -2.36. The van der Waals surface area contributed by atoms with E-state index in [4.69, 9.17) is 4.42 Å². The van der Waals surface area contributed by atoms with Gasteiger partial charge in [-0.05, 0) is 48.7 Å². The van der Waals surface area contributed by atoms with Crippen LogP contribution in [0.15, 0.2) is 119 Å². The second-order valence-electron chi connectivity index (χ2n) is 9.42. The maximum atomic E-state index is 14.4. The maximum Gasteiger partial charge on any atom is 0.271 e. The summed E-state index contributed by atoms with van der Waals surface area (Å²) in [7, 11) is -4.21. The molecule has 0 saturated carbocycles. The van der Waals surface area contributed by atoms with Crippen molar-refractivity contribution in [1.82, 2.24) is 0 Å². The standard InChI is InChI=1S/C31H25NO4S/c1-21-16-18-24(19-17-21)37(34,35)32-29-25-14-8-9-15-27(25)36-30(29)28(23-12-6-3-7-13-23)26(31(32)33)20-22-10-4-2-5-11-22/h2-19,26,28H,20H2,1H3/t26-,28+/m0/s1. The number of aryl methyl sites for hydroxylation is 1. The highest BCUT2D eigenvalue weighted by molar-refractivity contribution is 7.93. The quantitative estimate of drug-likeness (QED) is 0.274. The van der Waals surface area contributed by atoms with Crippen molar-refractivity contribution in [3.05, 3.63) is 132 Å². The predicted octanol–water partition coefficient (Wildman–Crippen LogP) is 6.47. The highest BCUT2D eigenvalue weighted by Gasteiger charge is 2.49. The molecule has 2 heterocycles. The molecule has 0 aliphatic carbocycles. The number of carbonyl (C=O) groups is 1. The topological polar surface area (TPSA) is 67.6 Å². The lowest BCUT2D eigenvalue weighted by atomic mass is 9.77. The minimum Gasteiger partial charge on any atom is -0.458 e. The van der Waals surface area contributed by atoms with Crippen molar-refractivity contribution >= 4 is 32.6 Å². The fourth-order valence-electron chi connectivity index (χ4n) is 5.23. The summed E-state index contributed by atoms with van der Waals surface area (Å²) in [5.41, 5.74) is 3.65. The minimum atomic E-state index is -4.21. The van der Waals surface area contributed by atoms with Crippen LogP contribution in [0.2, 0.25) is 0 Å². The molecule has 2 atom stereocenters. The molecule has 0 N–H and O–H groups in total. The molecule has 1 aliphatic rings. The van der Waals surface area contributed by atoms with Crippen LogP contribution in [0.1, 0.15) is 28.4 Å². The number of hydrogen-bond acceptors (Lipinski definition) is 4. The molecule has 4 aromatic carbocycles. The lowest BCUT2D eigenvalue weighted by Crippen LogP contribution is -2.47. The summed E-state index contributed by atoms with van der Waals surface area (Å²) in [6, 6.07) is 33.3. The highest BCUT2D eigenvalue weighted by atomic mass is 32.2. The van der Waals surface area contributed by atoms with E-state index < -0.39 is 27.8 Å². The van der Waals surface area contributed by atoms with Crippen LogP contribution in [0.25, 0.3) is 11.0 Å². The van der Waals surface area contributed by atoms with E-state index in [2.05, 4.69) is 0 Å². The van der Waals surface area contributed by atoms with Crippen LogP contribution < -0.4 is 4.31 Å². The Labute approximate surface area is 216 Å². The molecule has 37 heavy (non-hydrogen) atoms. The number of carbonyl (C=O) groups excluding carboxylic acids is 1. The summed E-state index contributed by atoms with van der Waals surface area (Å²) in [5, 5.41) is 0.598. The zero-order valence-electron chi connectivity index (χ0n) is 20.2. The van der Waals surface area contributed by atoms with Gasteiger partial charge in [0.25, 0.3) is 10.0 Å². The van der Waals surface area contributed by atoms with Crippen LogP contribution >= 0.6 is 0 Å². The molecule has 1 amide bonds. The lowest BCUT2D eigenvalue weighted by molar-refractivity contribution is -0.122. The number of para-hydroxylation sites is 1. The number of benzene rings is 4. The Hall–Kier alpha value is -4.16. The Kier molecular flexibility index (Phi) is 5.69. The third kappa shape index (κ3) is 3.94. The molecular formula is C31H25NO4S. The van der Waals surface area contributed by atoms with Crippen LogP contribution in [0.4, 0.5) is 5.69 Å². The van der Waals surface area contributed by atoms with E-state index in [-0.39, 0.29) is 4.90 Å². The van der Waals surface area contributed by atoms with Gasteiger partial charge < -0.3 is 4.42 Å². The van der Waals surface area contributed by atoms with Crippen LogP contribution in [0.5, 0.6) is 0 Å². The first-order chi connectivity index (χ1) is 17.9. The smallest absolute Gasteiger partial charge is 0.271 e.